The molecule has 0 fully saturated rings. The van der Waals surface area contributed by atoms with Gasteiger partial charge >= 0.3 is 5.97 Å². The molecule has 1 N–H and O–H groups in total. The first-order valence-electron chi connectivity index (χ1n) is 7.65. The van der Waals surface area contributed by atoms with Crippen molar-refractivity contribution in [1.82, 2.24) is 9.97 Å². The summed E-state index contributed by atoms with van der Waals surface area (Å²) in [5.41, 5.74) is 2.74. The van der Waals surface area contributed by atoms with Gasteiger partial charge in [-0.2, -0.15) is 0 Å². The molecular formula is C18H16BrClFN3O2. The number of benzene rings is 1. The van der Waals surface area contributed by atoms with Gasteiger partial charge in [-0.1, -0.05) is 0 Å². The monoisotopic (exact) mass is 439 g/mol. The molecule has 0 saturated heterocycles. The largest absolute Gasteiger partial charge is 0.462 e. The number of carbonyl (C=O) groups excluding carboxylic acids is 1. The molecule has 0 spiro atoms. The molecule has 0 aliphatic heterocycles. The summed E-state index contributed by atoms with van der Waals surface area (Å²) < 4.78 is 19.0. The number of ether oxygens (including phenoxy) is 1. The average Bonchev–Trinajstić information content (AvgIpc) is 2.57. The molecule has 136 valence electrons. The van der Waals surface area contributed by atoms with Gasteiger partial charge in [0.15, 0.2) is 5.65 Å². The second kappa shape index (κ2) is 8.42. The molecule has 8 heteroatoms. The first kappa shape index (κ1) is 20.1. The molecule has 26 heavy (non-hydrogen) atoms. The van der Waals surface area contributed by atoms with Crippen molar-refractivity contribution in [3.8, 4) is 0 Å². The predicted octanol–water partition coefficient (Wildman–Crippen LogP) is 5.18. The number of fused-ring (bicyclic) bond motifs is 1. The molecule has 0 aliphatic carbocycles. The molecule has 0 bridgehead atoms. The topological polar surface area (TPSA) is 64.1 Å². The van der Waals surface area contributed by atoms with E-state index in [1.54, 1.807) is 13.0 Å². The number of anilines is 2. The van der Waals surface area contributed by atoms with Crippen LogP contribution < -0.4 is 5.32 Å². The van der Waals surface area contributed by atoms with Crippen LogP contribution in [0, 0.1) is 12.7 Å². The van der Waals surface area contributed by atoms with Crippen LogP contribution in [0.2, 0.25) is 0 Å². The number of esters is 1. The van der Waals surface area contributed by atoms with Gasteiger partial charge in [0.25, 0.3) is 0 Å². The smallest absolute Gasteiger partial charge is 0.341 e. The molecule has 0 unspecified atom stereocenters. The first-order valence-corrected chi connectivity index (χ1v) is 8.44. The maximum atomic E-state index is 13.3. The molecule has 0 saturated carbocycles. The lowest BCUT2D eigenvalue weighted by molar-refractivity contribution is 0.0527. The van der Waals surface area contributed by atoms with E-state index < -0.39 is 5.97 Å². The highest BCUT2D eigenvalue weighted by molar-refractivity contribution is 9.10. The van der Waals surface area contributed by atoms with Crippen molar-refractivity contribution >= 4 is 56.7 Å². The molecule has 0 atom stereocenters. The minimum Gasteiger partial charge on any atom is -0.462 e. The van der Waals surface area contributed by atoms with Gasteiger partial charge in [-0.15, -0.1) is 12.4 Å². The highest BCUT2D eigenvalue weighted by atomic mass is 79.9. The van der Waals surface area contributed by atoms with Gasteiger partial charge in [0.1, 0.15) is 11.4 Å². The number of nitrogens with zero attached hydrogens (tertiary/aromatic N) is 2. The van der Waals surface area contributed by atoms with Crippen LogP contribution in [0.5, 0.6) is 0 Å². The second-order valence-corrected chi connectivity index (χ2v) is 6.19. The van der Waals surface area contributed by atoms with Crippen LogP contribution in [-0.2, 0) is 4.74 Å². The quantitative estimate of drug-likeness (QED) is 0.566. The van der Waals surface area contributed by atoms with E-state index >= 15 is 0 Å². The minimum atomic E-state index is -0.488. The zero-order valence-corrected chi connectivity index (χ0v) is 16.4. The molecule has 1 aromatic carbocycles. The molecular weight excluding hydrogens is 425 g/mol. The van der Waals surface area contributed by atoms with Crippen LogP contribution in [0.1, 0.15) is 23.0 Å². The van der Waals surface area contributed by atoms with Crippen molar-refractivity contribution in [2.45, 2.75) is 13.8 Å². The average molecular weight is 441 g/mol. The fourth-order valence-corrected chi connectivity index (χ4v) is 2.85. The summed E-state index contributed by atoms with van der Waals surface area (Å²) >= 11 is 3.32. The Labute approximate surface area is 164 Å². The SMILES string of the molecule is CCOC(=O)c1cnc2nc(C)ccc2c1Nc1ccc(F)cc1Br.Cl. The van der Waals surface area contributed by atoms with Gasteiger partial charge in [0.2, 0.25) is 0 Å². The summed E-state index contributed by atoms with van der Waals surface area (Å²) in [6, 6.07) is 7.94. The number of halogens is 3. The summed E-state index contributed by atoms with van der Waals surface area (Å²) in [6.45, 7) is 3.85. The van der Waals surface area contributed by atoms with Crippen LogP contribution in [0.3, 0.4) is 0 Å². The Morgan fingerprint density at radius 3 is 2.77 bits per heavy atom. The van der Waals surface area contributed by atoms with E-state index in [-0.39, 0.29) is 30.4 Å². The van der Waals surface area contributed by atoms with Gasteiger partial charge in [-0.3, -0.25) is 0 Å². The van der Waals surface area contributed by atoms with E-state index in [2.05, 4.69) is 31.2 Å². The third-order valence-electron chi connectivity index (χ3n) is 3.56. The van der Waals surface area contributed by atoms with Crippen molar-refractivity contribution in [2.24, 2.45) is 0 Å². The molecule has 3 rings (SSSR count). The third-order valence-corrected chi connectivity index (χ3v) is 4.21. The highest BCUT2D eigenvalue weighted by Crippen LogP contribution is 2.32. The minimum absolute atomic E-state index is 0. The van der Waals surface area contributed by atoms with Crippen molar-refractivity contribution in [2.75, 3.05) is 11.9 Å². The van der Waals surface area contributed by atoms with E-state index in [9.17, 15) is 9.18 Å². The number of hydrogen-bond acceptors (Lipinski definition) is 5. The van der Waals surface area contributed by atoms with Crippen molar-refractivity contribution in [1.29, 1.82) is 0 Å². The molecule has 0 radical (unpaired) electrons. The molecule has 0 amide bonds. The zero-order valence-electron chi connectivity index (χ0n) is 14.0. The van der Waals surface area contributed by atoms with Gasteiger partial charge in [0.05, 0.1) is 18.0 Å². The van der Waals surface area contributed by atoms with E-state index in [0.717, 1.165) is 5.69 Å². The van der Waals surface area contributed by atoms with Crippen molar-refractivity contribution in [3.05, 3.63) is 58.1 Å². The molecule has 2 aromatic heterocycles. The van der Waals surface area contributed by atoms with E-state index in [4.69, 9.17) is 4.74 Å². The Balaban J connectivity index is 0.00000243. The first-order chi connectivity index (χ1) is 12.0. The number of nitrogens with one attached hydrogen (secondary N) is 1. The zero-order chi connectivity index (χ0) is 18.0. The van der Waals surface area contributed by atoms with E-state index in [0.29, 0.717) is 26.9 Å². The Hall–Kier alpha value is -2.25. The third kappa shape index (κ3) is 4.11. The van der Waals surface area contributed by atoms with Gasteiger partial charge in [-0.05, 0) is 60.1 Å². The van der Waals surface area contributed by atoms with Crippen LogP contribution >= 0.6 is 28.3 Å². The Morgan fingerprint density at radius 2 is 2.08 bits per heavy atom. The molecule has 3 aromatic rings. The van der Waals surface area contributed by atoms with Crippen LogP contribution in [0.25, 0.3) is 11.0 Å². The lowest BCUT2D eigenvalue weighted by Crippen LogP contribution is -2.10. The Kier molecular flexibility index (Phi) is 6.50. The van der Waals surface area contributed by atoms with Crippen LogP contribution in [0.4, 0.5) is 15.8 Å². The maximum absolute atomic E-state index is 13.3. The normalized spacial score (nSPS) is 10.3. The molecule has 0 aliphatic rings. The van der Waals surface area contributed by atoms with Gasteiger partial charge < -0.3 is 10.1 Å². The maximum Gasteiger partial charge on any atom is 0.341 e. The number of aromatic nitrogens is 2. The fraction of sp³-hybridized carbons (Fsp3) is 0.167. The van der Waals surface area contributed by atoms with Gasteiger partial charge in [0, 0.05) is 21.7 Å². The number of rotatable bonds is 4. The summed E-state index contributed by atoms with van der Waals surface area (Å²) in [7, 11) is 0. The molecule has 2 heterocycles. The molecule has 5 nitrogen and oxygen atoms in total. The standard InChI is InChI=1S/C18H15BrFN3O2.ClH/c1-3-25-18(24)13-9-21-17-12(6-4-10(2)22-17)16(13)23-15-7-5-11(20)8-14(15)19;/h4-9H,3H2,1-2H3,(H,21,22,23);1H. The lowest BCUT2D eigenvalue weighted by atomic mass is 10.1. The van der Waals surface area contributed by atoms with Gasteiger partial charge in [-0.25, -0.2) is 19.2 Å². The van der Waals surface area contributed by atoms with Crippen molar-refractivity contribution < 1.29 is 13.9 Å². The van der Waals surface area contributed by atoms with Crippen LogP contribution in [-0.4, -0.2) is 22.5 Å². The van der Waals surface area contributed by atoms with E-state index in [1.165, 1.54) is 18.3 Å². The lowest BCUT2D eigenvalue weighted by Gasteiger charge is -2.15. The number of aryl methyl sites for hydroxylation is 1. The van der Waals surface area contributed by atoms with E-state index in [1.807, 2.05) is 19.1 Å². The predicted molar refractivity (Wildman–Crippen MR) is 105 cm³/mol. The van der Waals surface area contributed by atoms with Crippen LogP contribution in [0.15, 0.2) is 41.0 Å². The Morgan fingerprint density at radius 1 is 1.31 bits per heavy atom. The number of pyridine rings is 2. The number of carbonyl (C=O) groups is 1. The van der Waals surface area contributed by atoms with Crippen molar-refractivity contribution in [3.63, 3.8) is 0 Å². The highest BCUT2D eigenvalue weighted by Gasteiger charge is 2.18. The number of hydrogen-bond donors (Lipinski definition) is 1. The fourth-order valence-electron chi connectivity index (χ4n) is 2.40. The Bertz CT molecular complexity index is 969. The summed E-state index contributed by atoms with van der Waals surface area (Å²) in [5, 5.41) is 3.85. The second-order valence-electron chi connectivity index (χ2n) is 5.34. The summed E-state index contributed by atoms with van der Waals surface area (Å²) in [6.07, 6.45) is 1.44. The summed E-state index contributed by atoms with van der Waals surface area (Å²) in [4.78, 5) is 21.0. The summed E-state index contributed by atoms with van der Waals surface area (Å²) in [5.74, 6) is -0.849.